The van der Waals surface area contributed by atoms with Crippen LogP contribution in [0.5, 0.6) is 0 Å². The van der Waals surface area contributed by atoms with Gasteiger partial charge in [-0.2, -0.15) is 5.10 Å². The van der Waals surface area contributed by atoms with E-state index in [0.717, 1.165) is 28.3 Å². The Bertz CT molecular complexity index is 1190. The van der Waals surface area contributed by atoms with E-state index in [4.69, 9.17) is 21.7 Å². The summed E-state index contributed by atoms with van der Waals surface area (Å²) in [7, 11) is 3.92. The highest BCUT2D eigenvalue weighted by atomic mass is 32.1. The van der Waals surface area contributed by atoms with Crippen molar-refractivity contribution in [2.75, 3.05) is 7.05 Å². The first-order valence-corrected chi connectivity index (χ1v) is 10.1. The average molecular weight is 423 g/mol. The molecule has 0 radical (unpaired) electrons. The highest BCUT2D eigenvalue weighted by molar-refractivity contribution is 7.71. The van der Waals surface area contributed by atoms with Gasteiger partial charge in [0.15, 0.2) is 10.6 Å². The summed E-state index contributed by atoms with van der Waals surface area (Å²) in [5.41, 5.74) is 3.03. The van der Waals surface area contributed by atoms with E-state index in [1.165, 1.54) is 12.1 Å². The third-order valence-corrected chi connectivity index (χ3v) is 5.72. The predicted octanol–water partition coefficient (Wildman–Crippen LogP) is 5.34. The van der Waals surface area contributed by atoms with Crippen LogP contribution in [-0.2, 0) is 13.7 Å². The Morgan fingerprint density at radius 1 is 1.07 bits per heavy atom. The van der Waals surface area contributed by atoms with E-state index in [2.05, 4.69) is 17.0 Å². The van der Waals surface area contributed by atoms with Gasteiger partial charge in [0.05, 0.1) is 24.5 Å². The van der Waals surface area contributed by atoms with Crippen LogP contribution in [0.4, 0.5) is 4.39 Å². The largest absolute Gasteiger partial charge is 0.469 e. The molecule has 4 rings (SSSR count). The summed E-state index contributed by atoms with van der Waals surface area (Å²) >= 11 is 5.64. The molecule has 2 aromatic heterocycles. The van der Waals surface area contributed by atoms with Crippen molar-refractivity contribution in [2.24, 2.45) is 7.05 Å². The molecule has 5 nitrogen and oxygen atoms in total. The summed E-state index contributed by atoms with van der Waals surface area (Å²) < 4.78 is 23.2. The standard InChI is InChI=1S/C23H23FN4OS/c1-16-20(13-14-29-16)22-25-28(23(30)27(22)3)15-26(2)21(17-7-5-4-6-8-17)18-9-11-19(24)12-10-18/h4-14,21H,15H2,1-3H3/t21-/m1/s1. The highest BCUT2D eigenvalue weighted by Crippen LogP contribution is 2.29. The Morgan fingerprint density at radius 2 is 1.73 bits per heavy atom. The van der Waals surface area contributed by atoms with Gasteiger partial charge < -0.3 is 8.98 Å². The van der Waals surface area contributed by atoms with Gasteiger partial charge >= 0.3 is 0 Å². The molecule has 0 spiro atoms. The highest BCUT2D eigenvalue weighted by Gasteiger charge is 2.21. The second kappa shape index (κ2) is 8.38. The summed E-state index contributed by atoms with van der Waals surface area (Å²) in [5, 5.41) is 4.75. The quantitative estimate of drug-likeness (QED) is 0.393. The van der Waals surface area contributed by atoms with Gasteiger partial charge in [-0.1, -0.05) is 42.5 Å². The van der Waals surface area contributed by atoms with Crippen molar-refractivity contribution in [3.8, 4) is 11.4 Å². The minimum Gasteiger partial charge on any atom is -0.469 e. The normalized spacial score (nSPS) is 12.4. The van der Waals surface area contributed by atoms with E-state index < -0.39 is 0 Å². The molecule has 154 valence electrons. The van der Waals surface area contributed by atoms with Gasteiger partial charge in [0.2, 0.25) is 0 Å². The molecule has 1 atom stereocenters. The van der Waals surface area contributed by atoms with Crippen molar-refractivity contribution in [1.29, 1.82) is 0 Å². The smallest absolute Gasteiger partial charge is 0.199 e. The van der Waals surface area contributed by atoms with Crippen LogP contribution in [0.2, 0.25) is 0 Å². The van der Waals surface area contributed by atoms with Gasteiger partial charge in [-0.05, 0) is 55.5 Å². The molecule has 0 saturated heterocycles. The lowest BCUT2D eigenvalue weighted by Crippen LogP contribution is -2.28. The Kier molecular flexibility index (Phi) is 5.65. The monoisotopic (exact) mass is 422 g/mol. The Balaban J connectivity index is 1.70. The molecule has 0 bridgehead atoms. The molecule has 2 aromatic carbocycles. The number of nitrogens with zero attached hydrogens (tertiary/aromatic N) is 4. The summed E-state index contributed by atoms with van der Waals surface area (Å²) in [6.07, 6.45) is 1.65. The van der Waals surface area contributed by atoms with Crippen molar-refractivity contribution in [2.45, 2.75) is 19.6 Å². The lowest BCUT2D eigenvalue weighted by molar-refractivity contribution is 0.208. The maximum atomic E-state index is 13.5. The summed E-state index contributed by atoms with van der Waals surface area (Å²) in [5.74, 6) is 1.31. The Labute approximate surface area is 180 Å². The third kappa shape index (κ3) is 3.86. The number of halogens is 1. The van der Waals surface area contributed by atoms with E-state index >= 15 is 0 Å². The number of furan rings is 1. The van der Waals surface area contributed by atoms with Gasteiger partial charge in [0.1, 0.15) is 11.6 Å². The van der Waals surface area contributed by atoms with Crippen LogP contribution in [0, 0.1) is 17.5 Å². The second-order valence-electron chi connectivity index (χ2n) is 7.32. The molecule has 30 heavy (non-hydrogen) atoms. The molecule has 0 aliphatic heterocycles. The number of rotatable bonds is 6. The van der Waals surface area contributed by atoms with Crippen LogP contribution >= 0.6 is 12.2 Å². The molecule has 0 aliphatic carbocycles. The first kappa shape index (κ1) is 20.3. The molecule has 2 heterocycles. The van der Waals surface area contributed by atoms with Crippen LogP contribution < -0.4 is 0 Å². The predicted molar refractivity (Wildman–Crippen MR) is 117 cm³/mol. The van der Waals surface area contributed by atoms with Crippen LogP contribution in [0.1, 0.15) is 22.9 Å². The molecular weight excluding hydrogens is 399 g/mol. The zero-order chi connectivity index (χ0) is 21.3. The third-order valence-electron chi connectivity index (χ3n) is 5.24. The minimum atomic E-state index is -0.250. The van der Waals surface area contributed by atoms with Gasteiger partial charge in [-0.3, -0.25) is 4.90 Å². The van der Waals surface area contributed by atoms with Crippen molar-refractivity contribution in [1.82, 2.24) is 19.2 Å². The van der Waals surface area contributed by atoms with Gasteiger partial charge in [-0.25, -0.2) is 9.07 Å². The van der Waals surface area contributed by atoms with E-state index in [1.807, 2.05) is 62.0 Å². The maximum Gasteiger partial charge on any atom is 0.199 e. The zero-order valence-corrected chi connectivity index (χ0v) is 17.9. The molecule has 4 aromatic rings. The average Bonchev–Trinajstić information content (AvgIpc) is 3.28. The van der Waals surface area contributed by atoms with Crippen molar-refractivity contribution < 1.29 is 8.81 Å². The summed E-state index contributed by atoms with van der Waals surface area (Å²) in [6, 6.07) is 18.6. The molecule has 7 heteroatoms. The fourth-order valence-corrected chi connectivity index (χ4v) is 3.89. The SMILES string of the molecule is Cc1occc1-c1nn(CN(C)[C@H](c2ccccc2)c2ccc(F)cc2)c(=S)n1C. The first-order valence-electron chi connectivity index (χ1n) is 9.64. The van der Waals surface area contributed by atoms with Crippen LogP contribution in [0.15, 0.2) is 71.3 Å². The van der Waals surface area contributed by atoms with Crippen molar-refractivity contribution in [3.05, 3.63) is 94.4 Å². The van der Waals surface area contributed by atoms with Crippen LogP contribution in [-0.4, -0.2) is 26.3 Å². The summed E-state index contributed by atoms with van der Waals surface area (Å²) in [6.45, 7) is 2.38. The fraction of sp³-hybridized carbons (Fsp3) is 0.217. The van der Waals surface area contributed by atoms with E-state index in [9.17, 15) is 4.39 Å². The van der Waals surface area contributed by atoms with Crippen molar-refractivity contribution in [3.63, 3.8) is 0 Å². The molecule has 0 saturated carbocycles. The maximum absolute atomic E-state index is 13.5. The molecule has 0 fully saturated rings. The number of hydrogen-bond acceptors (Lipinski definition) is 4. The Hall–Kier alpha value is -3.03. The van der Waals surface area contributed by atoms with Gasteiger partial charge in [0.25, 0.3) is 0 Å². The minimum absolute atomic E-state index is 0.0742. The topological polar surface area (TPSA) is 39.1 Å². The molecular formula is C23H23FN4OS. The molecule has 0 N–H and O–H groups in total. The van der Waals surface area contributed by atoms with E-state index in [1.54, 1.807) is 10.9 Å². The molecule has 0 amide bonds. The van der Waals surface area contributed by atoms with Gasteiger partial charge in [-0.15, -0.1) is 0 Å². The lowest BCUT2D eigenvalue weighted by atomic mass is 9.98. The fourth-order valence-electron chi connectivity index (χ4n) is 3.71. The second-order valence-corrected chi connectivity index (χ2v) is 7.68. The lowest BCUT2D eigenvalue weighted by Gasteiger charge is -2.28. The van der Waals surface area contributed by atoms with Crippen molar-refractivity contribution >= 4 is 12.2 Å². The van der Waals surface area contributed by atoms with Crippen LogP contribution in [0.3, 0.4) is 0 Å². The number of hydrogen-bond donors (Lipinski definition) is 0. The number of benzene rings is 2. The van der Waals surface area contributed by atoms with E-state index in [-0.39, 0.29) is 11.9 Å². The number of aryl methyl sites for hydroxylation is 1. The zero-order valence-electron chi connectivity index (χ0n) is 17.1. The van der Waals surface area contributed by atoms with Gasteiger partial charge in [0, 0.05) is 7.05 Å². The Morgan fingerprint density at radius 3 is 2.37 bits per heavy atom. The number of aromatic nitrogens is 3. The first-order chi connectivity index (χ1) is 14.5. The van der Waals surface area contributed by atoms with Crippen LogP contribution in [0.25, 0.3) is 11.4 Å². The molecule has 0 unspecified atom stereocenters. The van der Waals surface area contributed by atoms with E-state index in [0.29, 0.717) is 11.4 Å². The molecule has 0 aliphatic rings. The summed E-state index contributed by atoms with van der Waals surface area (Å²) in [4.78, 5) is 2.15.